The Balaban J connectivity index is 1.90. The number of benzene rings is 2. The van der Waals surface area contributed by atoms with Crippen molar-refractivity contribution >= 4 is 45.4 Å². The highest BCUT2D eigenvalue weighted by Crippen LogP contribution is 2.29. The van der Waals surface area contributed by atoms with Gasteiger partial charge in [0.2, 0.25) is 5.56 Å². The molecule has 0 aliphatic heterocycles. The number of aromatic nitrogens is 2. The van der Waals surface area contributed by atoms with E-state index in [0.717, 1.165) is 5.56 Å². The van der Waals surface area contributed by atoms with Crippen LogP contribution in [0.3, 0.4) is 0 Å². The zero-order chi connectivity index (χ0) is 21.4. The van der Waals surface area contributed by atoms with Gasteiger partial charge in [0.05, 0.1) is 23.3 Å². The number of pyridine rings is 1. The van der Waals surface area contributed by atoms with E-state index in [1.807, 2.05) is 6.92 Å². The summed E-state index contributed by atoms with van der Waals surface area (Å²) in [5, 5.41) is 1.06. The van der Waals surface area contributed by atoms with Crippen LogP contribution in [0, 0.1) is 19.7 Å². The number of hydrogen-bond acceptors (Lipinski definition) is 4. The van der Waals surface area contributed by atoms with Crippen LogP contribution in [0.25, 0.3) is 10.9 Å². The normalized spacial score (nSPS) is 11.1. The second-order valence-corrected chi connectivity index (χ2v) is 8.20. The van der Waals surface area contributed by atoms with E-state index in [2.05, 4.69) is 9.97 Å². The molecule has 0 bridgehead atoms. The van der Waals surface area contributed by atoms with E-state index in [4.69, 9.17) is 11.6 Å². The highest BCUT2D eigenvalue weighted by Gasteiger charge is 2.23. The predicted octanol–water partition coefficient (Wildman–Crippen LogP) is 5.24. The van der Waals surface area contributed by atoms with E-state index in [0.29, 0.717) is 32.2 Å². The van der Waals surface area contributed by atoms with Crippen LogP contribution < -0.4 is 10.5 Å². The van der Waals surface area contributed by atoms with E-state index in [1.54, 1.807) is 42.8 Å². The van der Waals surface area contributed by atoms with Gasteiger partial charge in [0.1, 0.15) is 10.7 Å². The number of carbonyl (C=O) groups is 1. The minimum Gasteiger partial charge on any atom is -0.319 e. The summed E-state index contributed by atoms with van der Waals surface area (Å²) in [4.78, 5) is 34.4. The summed E-state index contributed by atoms with van der Waals surface area (Å²) in [7, 11) is 0. The van der Waals surface area contributed by atoms with Crippen molar-refractivity contribution in [3.63, 3.8) is 0 Å². The average Bonchev–Trinajstić information content (AvgIpc) is 3.14. The van der Waals surface area contributed by atoms with Crippen molar-refractivity contribution in [1.82, 2.24) is 9.97 Å². The summed E-state index contributed by atoms with van der Waals surface area (Å²) in [5.41, 5.74) is 3.84. The largest absolute Gasteiger partial charge is 0.319 e. The number of amides is 1. The Labute approximate surface area is 180 Å². The molecule has 1 amide bonds. The number of aryl methyl sites for hydroxylation is 2. The van der Waals surface area contributed by atoms with Gasteiger partial charge in [-0.05, 0) is 49.2 Å². The Bertz CT molecular complexity index is 1330. The SMILES string of the molecule is Cc1ncsc1C(=O)N(Cc1cc(=O)[nH]c2c(F)ccc(C)c12)c1cccc(Cl)c1. The summed E-state index contributed by atoms with van der Waals surface area (Å²) in [6.45, 7) is 3.67. The molecule has 8 heteroatoms. The molecule has 4 rings (SSSR count). The van der Waals surface area contributed by atoms with Crippen molar-refractivity contribution in [2.24, 2.45) is 0 Å². The lowest BCUT2D eigenvalue weighted by molar-refractivity contribution is 0.0988. The number of rotatable bonds is 4. The van der Waals surface area contributed by atoms with Crippen LogP contribution >= 0.6 is 22.9 Å². The van der Waals surface area contributed by atoms with Gasteiger partial charge >= 0.3 is 0 Å². The maximum atomic E-state index is 14.4. The number of anilines is 1. The molecule has 0 spiro atoms. The summed E-state index contributed by atoms with van der Waals surface area (Å²) < 4.78 is 14.4. The number of nitrogens with one attached hydrogen (secondary N) is 1. The van der Waals surface area contributed by atoms with Crippen molar-refractivity contribution < 1.29 is 9.18 Å². The van der Waals surface area contributed by atoms with Crippen LogP contribution in [-0.2, 0) is 6.54 Å². The number of aromatic amines is 1. The van der Waals surface area contributed by atoms with Crippen LogP contribution in [0.5, 0.6) is 0 Å². The lowest BCUT2D eigenvalue weighted by Crippen LogP contribution is -2.31. The van der Waals surface area contributed by atoms with Crippen molar-refractivity contribution in [2.75, 3.05) is 4.90 Å². The topological polar surface area (TPSA) is 66.1 Å². The summed E-state index contributed by atoms with van der Waals surface area (Å²) in [6.07, 6.45) is 0. The van der Waals surface area contributed by atoms with Crippen molar-refractivity contribution in [3.05, 3.63) is 90.9 Å². The first-order valence-corrected chi connectivity index (χ1v) is 10.4. The third kappa shape index (κ3) is 3.74. The standard InChI is InChI=1S/C22H17ClFN3O2S/c1-12-6-7-17(24)20-19(12)14(8-18(28)26-20)10-27(16-5-3-4-15(23)9-16)22(29)21-13(2)25-11-30-21/h3-9,11H,10H2,1-2H3,(H,26,28). The Morgan fingerprint density at radius 3 is 2.73 bits per heavy atom. The fourth-order valence-corrected chi connectivity index (χ4v) is 4.39. The first kappa shape index (κ1) is 20.3. The molecule has 0 unspecified atom stereocenters. The Hall–Kier alpha value is -3.03. The highest BCUT2D eigenvalue weighted by atomic mass is 35.5. The molecule has 0 radical (unpaired) electrons. The Kier molecular flexibility index (Phi) is 5.40. The van der Waals surface area contributed by atoms with Gasteiger partial charge in [-0.25, -0.2) is 9.37 Å². The molecule has 30 heavy (non-hydrogen) atoms. The number of nitrogens with zero attached hydrogens (tertiary/aromatic N) is 2. The maximum Gasteiger partial charge on any atom is 0.270 e. The van der Waals surface area contributed by atoms with Gasteiger partial charge in [0.15, 0.2) is 0 Å². The maximum absolute atomic E-state index is 14.4. The van der Waals surface area contributed by atoms with Gasteiger partial charge in [-0.1, -0.05) is 23.7 Å². The molecule has 4 aromatic rings. The molecule has 0 saturated heterocycles. The highest BCUT2D eigenvalue weighted by molar-refractivity contribution is 7.12. The number of halogens is 2. The molecule has 2 aromatic carbocycles. The fraction of sp³-hybridized carbons (Fsp3) is 0.136. The number of thiazole rings is 1. The molecule has 0 aliphatic rings. The van der Waals surface area contributed by atoms with E-state index in [-0.39, 0.29) is 18.0 Å². The summed E-state index contributed by atoms with van der Waals surface area (Å²) >= 11 is 7.41. The molecule has 5 nitrogen and oxygen atoms in total. The van der Waals surface area contributed by atoms with Gasteiger partial charge in [-0.2, -0.15) is 0 Å². The summed E-state index contributed by atoms with van der Waals surface area (Å²) in [5.74, 6) is -0.784. The van der Waals surface area contributed by atoms with Gasteiger partial charge in [0.25, 0.3) is 5.91 Å². The van der Waals surface area contributed by atoms with Crippen LogP contribution in [0.1, 0.15) is 26.5 Å². The molecule has 2 heterocycles. The zero-order valence-corrected chi connectivity index (χ0v) is 17.8. The van der Waals surface area contributed by atoms with Gasteiger partial charge in [0, 0.05) is 22.2 Å². The molecule has 1 N–H and O–H groups in total. The number of carbonyl (C=O) groups excluding carboxylic acids is 1. The van der Waals surface area contributed by atoms with Crippen molar-refractivity contribution in [3.8, 4) is 0 Å². The monoisotopic (exact) mass is 441 g/mol. The molecule has 0 fully saturated rings. The first-order valence-electron chi connectivity index (χ1n) is 9.13. The van der Waals surface area contributed by atoms with Crippen LogP contribution in [-0.4, -0.2) is 15.9 Å². The lowest BCUT2D eigenvalue weighted by Gasteiger charge is -2.24. The minimum absolute atomic E-state index is 0.0707. The average molecular weight is 442 g/mol. The zero-order valence-electron chi connectivity index (χ0n) is 16.2. The fourth-order valence-electron chi connectivity index (χ4n) is 3.46. The molecule has 152 valence electrons. The molecule has 0 aliphatic carbocycles. The minimum atomic E-state index is -0.520. The van der Waals surface area contributed by atoms with E-state index >= 15 is 0 Å². The van der Waals surface area contributed by atoms with Gasteiger partial charge in [-0.3, -0.25) is 9.59 Å². The van der Waals surface area contributed by atoms with Gasteiger partial charge < -0.3 is 9.88 Å². The van der Waals surface area contributed by atoms with Crippen molar-refractivity contribution in [1.29, 1.82) is 0 Å². The third-order valence-electron chi connectivity index (χ3n) is 4.87. The molecular weight excluding hydrogens is 425 g/mol. The summed E-state index contributed by atoms with van der Waals surface area (Å²) in [6, 6.07) is 11.3. The van der Waals surface area contributed by atoms with E-state index in [9.17, 15) is 14.0 Å². The number of fused-ring (bicyclic) bond motifs is 1. The smallest absolute Gasteiger partial charge is 0.270 e. The molecule has 2 aromatic heterocycles. The van der Waals surface area contributed by atoms with Crippen LogP contribution in [0.15, 0.2) is 52.8 Å². The number of hydrogen-bond donors (Lipinski definition) is 1. The van der Waals surface area contributed by atoms with Crippen LogP contribution in [0.2, 0.25) is 5.02 Å². The molecule has 0 saturated carbocycles. The second-order valence-electron chi connectivity index (χ2n) is 6.91. The van der Waals surface area contributed by atoms with E-state index < -0.39 is 11.4 Å². The third-order valence-corrected chi connectivity index (χ3v) is 6.02. The number of H-pyrrole nitrogens is 1. The lowest BCUT2D eigenvalue weighted by atomic mass is 10.0. The predicted molar refractivity (Wildman–Crippen MR) is 118 cm³/mol. The van der Waals surface area contributed by atoms with Crippen molar-refractivity contribution in [2.45, 2.75) is 20.4 Å². The Morgan fingerprint density at radius 1 is 1.23 bits per heavy atom. The first-order chi connectivity index (χ1) is 14.3. The molecule has 0 atom stereocenters. The quantitative estimate of drug-likeness (QED) is 0.471. The molecular formula is C22H17ClFN3O2S. The Morgan fingerprint density at radius 2 is 2.03 bits per heavy atom. The van der Waals surface area contributed by atoms with Crippen LogP contribution in [0.4, 0.5) is 10.1 Å². The van der Waals surface area contributed by atoms with E-state index in [1.165, 1.54) is 28.4 Å². The second kappa shape index (κ2) is 8.01. The van der Waals surface area contributed by atoms with Gasteiger partial charge in [-0.15, -0.1) is 11.3 Å².